The van der Waals surface area contributed by atoms with Crippen LogP contribution in [0.15, 0.2) is 30.3 Å². The van der Waals surface area contributed by atoms with E-state index in [0.29, 0.717) is 63.9 Å². The summed E-state index contributed by atoms with van der Waals surface area (Å²) < 4.78 is 7.39. The van der Waals surface area contributed by atoms with Gasteiger partial charge in [0.05, 0.1) is 25.8 Å². The highest BCUT2D eigenvalue weighted by Gasteiger charge is 2.32. The number of rotatable bonds is 4. The molecule has 3 atom stereocenters. The highest BCUT2D eigenvalue weighted by atomic mass is 16.5. The van der Waals surface area contributed by atoms with Crippen LogP contribution in [0.4, 0.5) is 0 Å². The van der Waals surface area contributed by atoms with E-state index >= 15 is 0 Å². The van der Waals surface area contributed by atoms with Crippen molar-refractivity contribution in [1.82, 2.24) is 35.2 Å². The number of benzene rings is 1. The molecule has 1 aromatic heterocycles. The molecule has 1 fully saturated rings. The van der Waals surface area contributed by atoms with Crippen LogP contribution < -0.4 is 10.6 Å². The van der Waals surface area contributed by atoms with E-state index in [1.807, 2.05) is 63.1 Å². The maximum absolute atomic E-state index is 13.6. The van der Waals surface area contributed by atoms with Crippen molar-refractivity contribution in [1.29, 1.82) is 0 Å². The summed E-state index contributed by atoms with van der Waals surface area (Å²) in [4.78, 5) is 48.3. The van der Waals surface area contributed by atoms with E-state index in [1.165, 1.54) is 0 Å². The lowest BCUT2D eigenvalue weighted by Crippen LogP contribution is -2.54. The summed E-state index contributed by atoms with van der Waals surface area (Å²) in [6.07, 6.45) is 1.23. The quantitative estimate of drug-likeness (QED) is 0.605. The molecule has 1 aromatic carbocycles. The number of hydrogen-bond acceptors (Lipinski definition) is 7. The predicted octanol–water partition coefficient (Wildman–Crippen LogP) is 1.61. The third kappa shape index (κ3) is 7.42. The lowest BCUT2D eigenvalue weighted by atomic mass is 10.0. The normalized spacial score (nSPS) is 24.0. The van der Waals surface area contributed by atoms with Gasteiger partial charge in [0.15, 0.2) is 5.82 Å². The lowest BCUT2D eigenvalue weighted by Gasteiger charge is -2.35. The molecule has 3 amide bonds. The Morgan fingerprint density at radius 2 is 1.87 bits per heavy atom. The average molecular weight is 540 g/mol. The van der Waals surface area contributed by atoms with Gasteiger partial charge in [-0.1, -0.05) is 44.2 Å². The molecule has 0 bridgehead atoms. The Hall–Kier alpha value is -3.31. The van der Waals surface area contributed by atoms with Crippen LogP contribution in [0.5, 0.6) is 0 Å². The molecule has 2 N–H and O–H groups in total. The van der Waals surface area contributed by atoms with Crippen LogP contribution in [-0.2, 0) is 25.7 Å². The van der Waals surface area contributed by atoms with E-state index in [2.05, 4.69) is 10.6 Å². The molecule has 1 saturated heterocycles. The highest BCUT2D eigenvalue weighted by molar-refractivity contribution is 5.88. The Morgan fingerprint density at radius 3 is 2.59 bits per heavy atom. The minimum atomic E-state index is -0.654. The molecule has 2 aliphatic heterocycles. The number of nitrogens with one attached hydrogen (secondary N) is 2. The van der Waals surface area contributed by atoms with Crippen molar-refractivity contribution >= 4 is 17.7 Å². The molecule has 4 rings (SSSR count). The molecule has 0 aliphatic carbocycles. The fourth-order valence-electron chi connectivity index (χ4n) is 5.03. The van der Waals surface area contributed by atoms with E-state index in [0.717, 1.165) is 5.56 Å². The van der Waals surface area contributed by atoms with Gasteiger partial charge >= 0.3 is 0 Å². The average Bonchev–Trinajstić information content (AvgIpc) is 3.34. The van der Waals surface area contributed by atoms with Gasteiger partial charge in [0.2, 0.25) is 17.7 Å². The molecule has 0 saturated carbocycles. The first-order valence-corrected chi connectivity index (χ1v) is 13.9. The zero-order valence-electron chi connectivity index (χ0n) is 23.4. The number of morpholine rings is 1. The van der Waals surface area contributed by atoms with Crippen LogP contribution in [0.3, 0.4) is 0 Å². The van der Waals surface area contributed by atoms with Crippen molar-refractivity contribution in [2.24, 2.45) is 5.92 Å². The molecular weight excluding hydrogens is 498 g/mol. The van der Waals surface area contributed by atoms with Gasteiger partial charge in [0.1, 0.15) is 17.9 Å². The van der Waals surface area contributed by atoms with Gasteiger partial charge in [-0.15, -0.1) is 0 Å². The number of nitrogens with zero attached hydrogens (tertiary/aromatic N) is 5. The molecule has 212 valence electrons. The Labute approximate surface area is 230 Å². The Bertz CT molecular complexity index is 1140. The standard InChI is InChI=1S/C28H41N7O4/c1-19(2)17-22-27(37)29-20(3)26-31-25(21-9-6-5-7-10-21)32-35(26)14-13-34(12-8-11-24(36)30-22)28(38)23-18-39-16-15-33(23)4/h5-7,9-10,19-20,22-23H,8,11-18H2,1-4H3,(H,29,37)(H,30,36)/t20-,22-,23-/m1/s1. The fourth-order valence-corrected chi connectivity index (χ4v) is 5.03. The lowest BCUT2D eigenvalue weighted by molar-refractivity contribution is -0.142. The molecule has 2 aliphatic rings. The second-order valence-corrected chi connectivity index (χ2v) is 10.9. The zero-order valence-corrected chi connectivity index (χ0v) is 23.4. The summed E-state index contributed by atoms with van der Waals surface area (Å²) >= 11 is 0. The van der Waals surface area contributed by atoms with Crippen LogP contribution in [0.2, 0.25) is 0 Å². The molecule has 3 heterocycles. The van der Waals surface area contributed by atoms with Crippen molar-refractivity contribution in [3.05, 3.63) is 36.2 Å². The predicted molar refractivity (Wildman–Crippen MR) is 146 cm³/mol. The van der Waals surface area contributed by atoms with Crippen molar-refractivity contribution in [3.8, 4) is 11.4 Å². The molecule has 39 heavy (non-hydrogen) atoms. The fraction of sp³-hybridized carbons (Fsp3) is 0.607. The van der Waals surface area contributed by atoms with Crippen LogP contribution in [-0.4, -0.2) is 94.3 Å². The largest absolute Gasteiger partial charge is 0.378 e. The molecular formula is C28H41N7O4. The summed E-state index contributed by atoms with van der Waals surface area (Å²) in [6, 6.07) is 8.20. The molecule has 11 heteroatoms. The van der Waals surface area contributed by atoms with Gasteiger partial charge < -0.3 is 20.3 Å². The number of amides is 3. The first-order valence-electron chi connectivity index (χ1n) is 13.9. The Morgan fingerprint density at radius 1 is 1.10 bits per heavy atom. The summed E-state index contributed by atoms with van der Waals surface area (Å²) in [5, 5.41) is 10.7. The van der Waals surface area contributed by atoms with E-state index in [4.69, 9.17) is 14.8 Å². The van der Waals surface area contributed by atoms with Crippen molar-refractivity contribution in [2.45, 2.75) is 64.7 Å². The molecule has 0 spiro atoms. The van der Waals surface area contributed by atoms with Crippen molar-refractivity contribution in [2.75, 3.05) is 39.9 Å². The van der Waals surface area contributed by atoms with Gasteiger partial charge in [0.25, 0.3) is 0 Å². The van der Waals surface area contributed by atoms with E-state index in [9.17, 15) is 14.4 Å². The van der Waals surface area contributed by atoms with Crippen molar-refractivity contribution < 1.29 is 19.1 Å². The molecule has 2 aromatic rings. The molecule has 0 radical (unpaired) electrons. The van der Waals surface area contributed by atoms with Gasteiger partial charge in [-0.3, -0.25) is 19.3 Å². The molecule has 11 nitrogen and oxygen atoms in total. The Kier molecular flexibility index (Phi) is 9.68. The van der Waals surface area contributed by atoms with Crippen LogP contribution in [0.25, 0.3) is 11.4 Å². The van der Waals surface area contributed by atoms with E-state index in [1.54, 1.807) is 9.58 Å². The van der Waals surface area contributed by atoms with Crippen LogP contribution in [0.1, 0.15) is 51.9 Å². The van der Waals surface area contributed by atoms with E-state index in [-0.39, 0.29) is 36.1 Å². The minimum absolute atomic E-state index is 0.0197. The number of ether oxygens (including phenoxy) is 1. The zero-order chi connectivity index (χ0) is 27.9. The number of aromatic nitrogens is 3. The number of carbonyl (C=O) groups excluding carboxylic acids is 3. The summed E-state index contributed by atoms with van der Waals surface area (Å²) in [6.45, 7) is 8.76. The number of carbonyl (C=O) groups is 3. The topological polar surface area (TPSA) is 122 Å². The van der Waals surface area contributed by atoms with Crippen LogP contribution >= 0.6 is 0 Å². The van der Waals surface area contributed by atoms with E-state index < -0.39 is 12.1 Å². The van der Waals surface area contributed by atoms with Crippen molar-refractivity contribution in [3.63, 3.8) is 0 Å². The second-order valence-electron chi connectivity index (χ2n) is 10.9. The number of likely N-dealkylation sites (N-methyl/N-ethyl adjacent to an activating group) is 1. The first kappa shape index (κ1) is 28.7. The third-order valence-corrected chi connectivity index (χ3v) is 7.24. The number of hydrogen-bond donors (Lipinski definition) is 2. The van der Waals surface area contributed by atoms with Gasteiger partial charge in [-0.25, -0.2) is 9.67 Å². The highest BCUT2D eigenvalue weighted by Crippen LogP contribution is 2.20. The molecule has 0 unspecified atom stereocenters. The SMILES string of the molecule is CC(C)C[C@H]1NC(=O)CCCN(C(=O)[C@H]2COCCN2C)CCn2nc(-c3ccccc3)nc2[C@@H](C)NC1=O. The first-order chi connectivity index (χ1) is 18.7. The second kappa shape index (κ2) is 13.2. The Balaban J connectivity index is 1.65. The minimum Gasteiger partial charge on any atom is -0.378 e. The summed E-state index contributed by atoms with van der Waals surface area (Å²) in [7, 11) is 1.93. The third-order valence-electron chi connectivity index (χ3n) is 7.24. The van der Waals surface area contributed by atoms with Gasteiger partial charge in [-0.05, 0) is 32.7 Å². The maximum atomic E-state index is 13.6. The van der Waals surface area contributed by atoms with Crippen LogP contribution in [0, 0.1) is 5.92 Å². The van der Waals surface area contributed by atoms with Gasteiger partial charge in [-0.2, -0.15) is 5.10 Å². The summed E-state index contributed by atoms with van der Waals surface area (Å²) in [5.74, 6) is 0.913. The number of fused-ring (bicyclic) bond motifs is 1. The summed E-state index contributed by atoms with van der Waals surface area (Å²) in [5.41, 5.74) is 0.868. The van der Waals surface area contributed by atoms with Gasteiger partial charge in [0, 0.05) is 31.6 Å². The monoisotopic (exact) mass is 539 g/mol. The smallest absolute Gasteiger partial charge is 0.243 e. The maximum Gasteiger partial charge on any atom is 0.243 e.